The molecule has 0 saturated heterocycles. The molecular weight excluding hydrogens is 260 g/mol. The van der Waals surface area contributed by atoms with Gasteiger partial charge in [0.1, 0.15) is 5.52 Å². The molecular formula is C14H18N2O2S. The predicted molar refractivity (Wildman–Crippen MR) is 76.4 cm³/mol. The van der Waals surface area contributed by atoms with Crippen LogP contribution in [-0.2, 0) is 0 Å². The van der Waals surface area contributed by atoms with E-state index in [1.807, 2.05) is 24.3 Å². The van der Waals surface area contributed by atoms with Gasteiger partial charge in [-0.3, -0.25) is 0 Å². The highest BCUT2D eigenvalue weighted by atomic mass is 32.2. The summed E-state index contributed by atoms with van der Waals surface area (Å²) in [6.07, 6.45) is 3.42. The SMILES string of the molecule is OCC(CCSc1nc2ccccc2o1)NC1CC1. The second-order valence-corrected chi connectivity index (χ2v) is 5.95. The lowest BCUT2D eigenvalue weighted by atomic mass is 10.2. The number of aliphatic hydroxyl groups is 1. The molecule has 1 saturated carbocycles. The number of aliphatic hydroxyl groups excluding tert-OH is 1. The Hall–Kier alpha value is -1.04. The Morgan fingerprint density at radius 3 is 3.00 bits per heavy atom. The van der Waals surface area contributed by atoms with Crippen LogP contribution in [0.25, 0.3) is 11.1 Å². The summed E-state index contributed by atoms with van der Waals surface area (Å²) in [5, 5.41) is 13.5. The lowest BCUT2D eigenvalue weighted by molar-refractivity contribution is 0.238. The van der Waals surface area contributed by atoms with Crippen LogP contribution in [-0.4, -0.2) is 34.5 Å². The Labute approximate surface area is 116 Å². The molecule has 1 aromatic carbocycles. The molecule has 2 N–H and O–H groups in total. The molecule has 0 radical (unpaired) electrons. The van der Waals surface area contributed by atoms with E-state index in [1.54, 1.807) is 11.8 Å². The minimum Gasteiger partial charge on any atom is -0.431 e. The van der Waals surface area contributed by atoms with Gasteiger partial charge >= 0.3 is 0 Å². The molecule has 1 aliphatic rings. The van der Waals surface area contributed by atoms with Crippen LogP contribution >= 0.6 is 11.8 Å². The first kappa shape index (κ1) is 13.0. The van der Waals surface area contributed by atoms with Crippen molar-refractivity contribution in [1.29, 1.82) is 0 Å². The number of benzene rings is 1. The molecule has 2 aromatic rings. The van der Waals surface area contributed by atoms with E-state index in [1.165, 1.54) is 12.8 Å². The first-order chi connectivity index (χ1) is 9.35. The topological polar surface area (TPSA) is 58.3 Å². The molecule has 19 heavy (non-hydrogen) atoms. The van der Waals surface area contributed by atoms with E-state index in [0.717, 1.165) is 23.3 Å². The van der Waals surface area contributed by atoms with Gasteiger partial charge in [0, 0.05) is 17.8 Å². The molecule has 4 nitrogen and oxygen atoms in total. The summed E-state index contributed by atoms with van der Waals surface area (Å²) < 4.78 is 5.65. The summed E-state index contributed by atoms with van der Waals surface area (Å²) in [6.45, 7) is 0.199. The van der Waals surface area contributed by atoms with Crippen molar-refractivity contribution >= 4 is 22.9 Å². The van der Waals surface area contributed by atoms with Crippen LogP contribution in [0.4, 0.5) is 0 Å². The zero-order valence-electron chi connectivity index (χ0n) is 10.7. The maximum Gasteiger partial charge on any atom is 0.256 e. The number of thioether (sulfide) groups is 1. The zero-order valence-corrected chi connectivity index (χ0v) is 11.5. The molecule has 1 unspecified atom stereocenters. The van der Waals surface area contributed by atoms with E-state index in [2.05, 4.69) is 10.3 Å². The number of nitrogens with one attached hydrogen (secondary N) is 1. The average Bonchev–Trinajstić information content (AvgIpc) is 3.14. The van der Waals surface area contributed by atoms with Crippen LogP contribution in [0.1, 0.15) is 19.3 Å². The van der Waals surface area contributed by atoms with Crippen molar-refractivity contribution in [2.45, 2.75) is 36.6 Å². The molecule has 102 valence electrons. The number of hydrogen-bond donors (Lipinski definition) is 2. The van der Waals surface area contributed by atoms with E-state index < -0.39 is 0 Å². The van der Waals surface area contributed by atoms with Gasteiger partial charge in [0.15, 0.2) is 5.58 Å². The third kappa shape index (κ3) is 3.49. The third-order valence-electron chi connectivity index (χ3n) is 3.24. The number of para-hydroxylation sites is 2. The average molecular weight is 278 g/mol. The Bertz CT molecular complexity index is 506. The van der Waals surface area contributed by atoms with Crippen LogP contribution in [0.2, 0.25) is 0 Å². The van der Waals surface area contributed by atoms with Crippen molar-refractivity contribution in [1.82, 2.24) is 10.3 Å². The first-order valence-electron chi connectivity index (χ1n) is 6.70. The van der Waals surface area contributed by atoms with Crippen LogP contribution in [0.15, 0.2) is 33.9 Å². The molecule has 0 spiro atoms. The molecule has 0 aliphatic heterocycles. The largest absolute Gasteiger partial charge is 0.431 e. The van der Waals surface area contributed by atoms with E-state index in [9.17, 15) is 5.11 Å². The molecule has 0 bridgehead atoms. The fourth-order valence-corrected chi connectivity index (χ4v) is 2.90. The highest BCUT2D eigenvalue weighted by Crippen LogP contribution is 2.24. The van der Waals surface area contributed by atoms with Gasteiger partial charge in [-0.15, -0.1) is 0 Å². The highest BCUT2D eigenvalue weighted by Gasteiger charge is 2.24. The number of oxazole rings is 1. The van der Waals surface area contributed by atoms with Crippen molar-refractivity contribution in [2.75, 3.05) is 12.4 Å². The maximum atomic E-state index is 9.30. The van der Waals surface area contributed by atoms with E-state index in [0.29, 0.717) is 11.3 Å². The normalized spacial score (nSPS) is 16.9. The summed E-state index contributed by atoms with van der Waals surface area (Å²) in [7, 11) is 0. The molecule has 5 heteroatoms. The quantitative estimate of drug-likeness (QED) is 0.762. The Kier molecular flexibility index (Phi) is 4.06. The van der Waals surface area contributed by atoms with Crippen LogP contribution < -0.4 is 5.32 Å². The van der Waals surface area contributed by atoms with E-state index in [4.69, 9.17) is 4.42 Å². The number of hydrogen-bond acceptors (Lipinski definition) is 5. The van der Waals surface area contributed by atoms with Gasteiger partial charge in [-0.2, -0.15) is 0 Å². The van der Waals surface area contributed by atoms with Crippen LogP contribution in [0.3, 0.4) is 0 Å². The minimum absolute atomic E-state index is 0.198. The van der Waals surface area contributed by atoms with Gasteiger partial charge in [-0.25, -0.2) is 4.98 Å². The van der Waals surface area contributed by atoms with Gasteiger partial charge < -0.3 is 14.8 Å². The van der Waals surface area contributed by atoms with Crippen molar-refractivity contribution in [3.05, 3.63) is 24.3 Å². The van der Waals surface area contributed by atoms with Crippen LogP contribution in [0, 0.1) is 0 Å². The number of rotatable bonds is 7. The lowest BCUT2D eigenvalue weighted by Crippen LogP contribution is -2.34. The predicted octanol–water partition coefficient (Wildman–Crippen LogP) is 2.42. The molecule has 1 atom stereocenters. The van der Waals surface area contributed by atoms with Gasteiger partial charge in [0.25, 0.3) is 5.22 Å². The van der Waals surface area contributed by atoms with Gasteiger partial charge in [0.05, 0.1) is 6.61 Å². The van der Waals surface area contributed by atoms with E-state index >= 15 is 0 Å². The van der Waals surface area contributed by atoms with Gasteiger partial charge in [-0.05, 0) is 31.4 Å². The number of nitrogens with zero attached hydrogens (tertiary/aromatic N) is 1. The second kappa shape index (κ2) is 5.94. The molecule has 1 fully saturated rings. The van der Waals surface area contributed by atoms with E-state index in [-0.39, 0.29) is 12.6 Å². The number of aromatic nitrogens is 1. The lowest BCUT2D eigenvalue weighted by Gasteiger charge is -2.14. The summed E-state index contributed by atoms with van der Waals surface area (Å²) in [5.41, 5.74) is 1.74. The highest BCUT2D eigenvalue weighted by molar-refractivity contribution is 7.99. The third-order valence-corrected chi connectivity index (χ3v) is 4.10. The Morgan fingerprint density at radius 2 is 2.26 bits per heavy atom. The molecule has 1 heterocycles. The zero-order chi connectivity index (χ0) is 13.1. The fourth-order valence-electron chi connectivity index (χ4n) is 2.01. The summed E-state index contributed by atoms with van der Waals surface area (Å²) >= 11 is 1.61. The van der Waals surface area contributed by atoms with Gasteiger partial charge in [0.2, 0.25) is 0 Å². The summed E-state index contributed by atoms with van der Waals surface area (Å²) in [4.78, 5) is 4.42. The van der Waals surface area contributed by atoms with Crippen molar-refractivity contribution in [3.8, 4) is 0 Å². The van der Waals surface area contributed by atoms with Crippen LogP contribution in [0.5, 0.6) is 0 Å². The first-order valence-corrected chi connectivity index (χ1v) is 7.69. The summed E-state index contributed by atoms with van der Waals surface area (Å²) in [6, 6.07) is 8.62. The Morgan fingerprint density at radius 1 is 1.42 bits per heavy atom. The molecule has 0 amide bonds. The fraction of sp³-hybridized carbons (Fsp3) is 0.500. The molecule has 1 aromatic heterocycles. The van der Waals surface area contributed by atoms with Crippen molar-refractivity contribution in [3.63, 3.8) is 0 Å². The van der Waals surface area contributed by atoms with Crippen molar-refractivity contribution < 1.29 is 9.52 Å². The van der Waals surface area contributed by atoms with Gasteiger partial charge in [-0.1, -0.05) is 23.9 Å². The number of fused-ring (bicyclic) bond motifs is 1. The summed E-state index contributed by atoms with van der Waals surface area (Å²) in [5.74, 6) is 0.901. The molecule has 1 aliphatic carbocycles. The monoisotopic (exact) mass is 278 g/mol. The second-order valence-electron chi connectivity index (χ2n) is 4.91. The standard InChI is InChI=1S/C14H18N2O2S/c17-9-11(15-10-5-6-10)7-8-19-14-16-12-3-1-2-4-13(12)18-14/h1-4,10-11,15,17H,5-9H2. The maximum absolute atomic E-state index is 9.30. The Balaban J connectivity index is 1.50. The van der Waals surface area contributed by atoms with Crippen molar-refractivity contribution in [2.24, 2.45) is 0 Å². The smallest absolute Gasteiger partial charge is 0.256 e. The minimum atomic E-state index is 0.198. The molecule has 3 rings (SSSR count).